The standard InChI is InChI=1S/C18H28N2O4S/c1-18(2,3)14-7-9-16(10-8-14)24-13-17(21)19-15-6-5-11-20(12-15)25(4,22)23/h7-10,15H,5-6,11-13H2,1-4H3,(H,19,21). The second-order valence-electron chi connectivity index (χ2n) is 7.59. The Morgan fingerprint density at radius 2 is 1.92 bits per heavy atom. The van der Waals surface area contributed by atoms with E-state index in [2.05, 4.69) is 26.1 Å². The molecule has 0 spiro atoms. The van der Waals surface area contributed by atoms with Gasteiger partial charge in [0, 0.05) is 19.1 Å². The van der Waals surface area contributed by atoms with Crippen LogP contribution in [0.3, 0.4) is 0 Å². The van der Waals surface area contributed by atoms with Crippen molar-refractivity contribution in [1.29, 1.82) is 0 Å². The normalized spacial score (nSPS) is 19.4. The molecule has 0 bridgehead atoms. The highest BCUT2D eigenvalue weighted by Crippen LogP contribution is 2.24. The maximum absolute atomic E-state index is 12.1. The van der Waals surface area contributed by atoms with Crippen LogP contribution in [0.4, 0.5) is 0 Å². The quantitative estimate of drug-likeness (QED) is 0.861. The number of nitrogens with one attached hydrogen (secondary N) is 1. The number of benzene rings is 1. The molecule has 6 nitrogen and oxygen atoms in total. The molecule has 25 heavy (non-hydrogen) atoms. The van der Waals surface area contributed by atoms with E-state index in [1.54, 1.807) is 0 Å². The second-order valence-corrected chi connectivity index (χ2v) is 9.57. The Labute approximate surface area is 150 Å². The largest absolute Gasteiger partial charge is 0.484 e. The molecule has 1 unspecified atom stereocenters. The van der Waals surface area contributed by atoms with Gasteiger partial charge in [0.2, 0.25) is 10.0 Å². The van der Waals surface area contributed by atoms with Gasteiger partial charge in [-0.25, -0.2) is 12.7 Å². The van der Waals surface area contributed by atoms with Crippen LogP contribution in [0.5, 0.6) is 5.75 Å². The van der Waals surface area contributed by atoms with Gasteiger partial charge in [-0.1, -0.05) is 32.9 Å². The van der Waals surface area contributed by atoms with Crippen LogP contribution in [-0.2, 0) is 20.2 Å². The molecule has 1 saturated heterocycles. The molecule has 1 aromatic rings. The summed E-state index contributed by atoms with van der Waals surface area (Å²) in [6.45, 7) is 7.18. The summed E-state index contributed by atoms with van der Waals surface area (Å²) in [5, 5.41) is 2.86. The highest BCUT2D eigenvalue weighted by atomic mass is 32.2. The molecule has 0 saturated carbocycles. The average molecular weight is 368 g/mol. The number of hydrogen-bond acceptors (Lipinski definition) is 4. The number of amides is 1. The molecule has 1 heterocycles. The predicted molar refractivity (Wildman–Crippen MR) is 98.2 cm³/mol. The van der Waals surface area contributed by atoms with Crippen LogP contribution in [0.2, 0.25) is 0 Å². The fraction of sp³-hybridized carbons (Fsp3) is 0.611. The summed E-state index contributed by atoms with van der Waals surface area (Å²) in [6.07, 6.45) is 2.72. The van der Waals surface area contributed by atoms with Crippen molar-refractivity contribution in [2.45, 2.75) is 45.1 Å². The van der Waals surface area contributed by atoms with Crippen molar-refractivity contribution in [3.05, 3.63) is 29.8 Å². The van der Waals surface area contributed by atoms with Gasteiger partial charge in [-0.15, -0.1) is 0 Å². The molecular formula is C18H28N2O4S. The minimum absolute atomic E-state index is 0.0718. The molecule has 0 aromatic heterocycles. The van der Waals surface area contributed by atoms with Gasteiger partial charge in [-0.3, -0.25) is 4.79 Å². The first kappa shape index (κ1) is 19.7. The number of piperidine rings is 1. The third kappa shape index (κ3) is 6.01. The Kier molecular flexibility index (Phi) is 6.11. The third-order valence-corrected chi connectivity index (χ3v) is 5.58. The minimum atomic E-state index is -3.22. The van der Waals surface area contributed by atoms with Gasteiger partial charge >= 0.3 is 0 Å². The summed E-state index contributed by atoms with van der Waals surface area (Å²) in [6, 6.07) is 7.55. The Balaban J connectivity index is 1.82. The van der Waals surface area contributed by atoms with Crippen molar-refractivity contribution in [2.75, 3.05) is 26.0 Å². The van der Waals surface area contributed by atoms with Crippen molar-refractivity contribution >= 4 is 15.9 Å². The van der Waals surface area contributed by atoms with E-state index in [-0.39, 0.29) is 24.0 Å². The van der Waals surface area contributed by atoms with Crippen LogP contribution < -0.4 is 10.1 Å². The van der Waals surface area contributed by atoms with Crippen molar-refractivity contribution in [3.8, 4) is 5.75 Å². The molecule has 1 fully saturated rings. The zero-order valence-corrected chi connectivity index (χ0v) is 16.2. The SMILES string of the molecule is CC(C)(C)c1ccc(OCC(=O)NC2CCCN(S(C)(=O)=O)C2)cc1. The molecule has 7 heteroatoms. The van der Waals surface area contributed by atoms with Gasteiger partial charge in [0.05, 0.1) is 6.26 Å². The lowest BCUT2D eigenvalue weighted by atomic mass is 9.87. The van der Waals surface area contributed by atoms with Gasteiger partial charge < -0.3 is 10.1 Å². The first-order chi connectivity index (χ1) is 11.6. The average Bonchev–Trinajstić information content (AvgIpc) is 2.52. The molecule has 1 aromatic carbocycles. The fourth-order valence-corrected chi connectivity index (χ4v) is 3.74. The van der Waals surface area contributed by atoms with E-state index < -0.39 is 10.0 Å². The maximum atomic E-state index is 12.1. The fourth-order valence-electron chi connectivity index (χ4n) is 2.83. The molecule has 1 N–H and O–H groups in total. The number of carbonyl (C=O) groups is 1. The lowest BCUT2D eigenvalue weighted by Crippen LogP contribution is -2.50. The number of nitrogens with zero attached hydrogens (tertiary/aromatic N) is 1. The van der Waals surface area contributed by atoms with E-state index >= 15 is 0 Å². The highest BCUT2D eigenvalue weighted by molar-refractivity contribution is 7.88. The van der Waals surface area contributed by atoms with Gasteiger partial charge in [-0.2, -0.15) is 0 Å². The maximum Gasteiger partial charge on any atom is 0.258 e. The first-order valence-corrected chi connectivity index (χ1v) is 10.4. The van der Waals surface area contributed by atoms with Crippen LogP contribution in [-0.4, -0.2) is 50.6 Å². The molecule has 0 aliphatic carbocycles. The van der Waals surface area contributed by atoms with Crippen LogP contribution in [0.1, 0.15) is 39.2 Å². The van der Waals surface area contributed by atoms with Crippen molar-refractivity contribution in [3.63, 3.8) is 0 Å². The topological polar surface area (TPSA) is 75.7 Å². The molecule has 1 aliphatic rings. The lowest BCUT2D eigenvalue weighted by molar-refractivity contribution is -0.124. The molecule has 140 valence electrons. The second kappa shape index (κ2) is 7.74. The van der Waals surface area contributed by atoms with E-state index in [4.69, 9.17) is 4.74 Å². The monoisotopic (exact) mass is 368 g/mol. The summed E-state index contributed by atoms with van der Waals surface area (Å²) in [7, 11) is -3.22. The third-order valence-electron chi connectivity index (χ3n) is 4.31. The Hall–Kier alpha value is -1.60. The minimum Gasteiger partial charge on any atom is -0.484 e. The van der Waals surface area contributed by atoms with Crippen molar-refractivity contribution < 1.29 is 17.9 Å². The van der Waals surface area contributed by atoms with Crippen LogP contribution >= 0.6 is 0 Å². The van der Waals surface area contributed by atoms with Gasteiger partial charge in [-0.05, 0) is 36.0 Å². The summed E-state index contributed by atoms with van der Waals surface area (Å²) < 4.78 is 30.2. The van der Waals surface area contributed by atoms with Crippen LogP contribution in [0.15, 0.2) is 24.3 Å². The molecule has 1 atom stereocenters. The summed E-state index contributed by atoms with van der Waals surface area (Å²) >= 11 is 0. The van der Waals surface area contributed by atoms with Gasteiger partial charge in [0.1, 0.15) is 5.75 Å². The number of rotatable bonds is 5. The van der Waals surface area contributed by atoms with E-state index in [1.807, 2.05) is 24.3 Å². The van der Waals surface area contributed by atoms with Crippen LogP contribution in [0, 0.1) is 0 Å². The van der Waals surface area contributed by atoms with Gasteiger partial charge in [0.15, 0.2) is 6.61 Å². The summed E-state index contributed by atoms with van der Waals surface area (Å²) in [4.78, 5) is 12.1. The zero-order valence-electron chi connectivity index (χ0n) is 15.4. The summed E-state index contributed by atoms with van der Waals surface area (Å²) in [5.74, 6) is 0.407. The molecular weight excluding hydrogens is 340 g/mol. The smallest absolute Gasteiger partial charge is 0.258 e. The molecule has 1 aliphatic heterocycles. The molecule has 1 amide bonds. The van der Waals surface area contributed by atoms with E-state index in [1.165, 1.54) is 16.1 Å². The Bertz CT molecular complexity index is 693. The Morgan fingerprint density at radius 1 is 1.28 bits per heavy atom. The highest BCUT2D eigenvalue weighted by Gasteiger charge is 2.26. The zero-order chi connectivity index (χ0) is 18.7. The number of sulfonamides is 1. The first-order valence-electron chi connectivity index (χ1n) is 8.53. The van der Waals surface area contributed by atoms with E-state index in [9.17, 15) is 13.2 Å². The lowest BCUT2D eigenvalue weighted by Gasteiger charge is -2.31. The molecule has 0 radical (unpaired) electrons. The van der Waals surface area contributed by atoms with Crippen LogP contribution in [0.25, 0.3) is 0 Å². The van der Waals surface area contributed by atoms with E-state index in [0.29, 0.717) is 18.8 Å². The van der Waals surface area contributed by atoms with Crippen molar-refractivity contribution in [2.24, 2.45) is 0 Å². The molecule has 2 rings (SSSR count). The summed E-state index contributed by atoms with van der Waals surface area (Å²) in [5.41, 5.74) is 1.27. The Morgan fingerprint density at radius 3 is 2.48 bits per heavy atom. The number of carbonyl (C=O) groups excluding carboxylic acids is 1. The number of hydrogen-bond donors (Lipinski definition) is 1. The predicted octanol–water partition coefficient (Wildman–Crippen LogP) is 1.90. The van der Waals surface area contributed by atoms with E-state index in [0.717, 1.165) is 12.8 Å². The van der Waals surface area contributed by atoms with Gasteiger partial charge in [0.25, 0.3) is 5.91 Å². The van der Waals surface area contributed by atoms with Crippen molar-refractivity contribution in [1.82, 2.24) is 9.62 Å². The number of ether oxygens (including phenoxy) is 1.